The summed E-state index contributed by atoms with van der Waals surface area (Å²) in [5, 5.41) is 4.30. The normalized spacial score (nSPS) is 11.2. The highest BCUT2D eigenvalue weighted by Crippen LogP contribution is 2.21. The molecule has 2 aromatic carbocycles. The Morgan fingerprint density at radius 3 is 2.45 bits per heavy atom. The summed E-state index contributed by atoms with van der Waals surface area (Å²) in [6, 6.07) is 15.4. The van der Waals surface area contributed by atoms with Crippen molar-refractivity contribution in [2.75, 3.05) is 11.3 Å². The van der Waals surface area contributed by atoms with Crippen LogP contribution in [0.1, 0.15) is 35.8 Å². The maximum atomic E-state index is 12.8. The van der Waals surface area contributed by atoms with Gasteiger partial charge in [0.1, 0.15) is 4.90 Å². The minimum atomic E-state index is -3.83. The van der Waals surface area contributed by atoms with Crippen molar-refractivity contribution in [1.29, 1.82) is 0 Å². The SMILES string of the molecule is CCCCOC(=O)c1ccc(NS(=O)(=O)c2cn(-c3ccccc3)nc2C)cc1. The zero-order valence-electron chi connectivity index (χ0n) is 16.3. The molecule has 3 rings (SSSR count). The highest BCUT2D eigenvalue weighted by atomic mass is 32.2. The molecule has 8 heteroatoms. The number of hydrogen-bond acceptors (Lipinski definition) is 5. The van der Waals surface area contributed by atoms with Crippen LogP contribution in [-0.4, -0.2) is 30.8 Å². The van der Waals surface area contributed by atoms with E-state index >= 15 is 0 Å². The van der Waals surface area contributed by atoms with Gasteiger partial charge in [0.15, 0.2) is 0 Å². The van der Waals surface area contributed by atoms with Gasteiger partial charge in [-0.15, -0.1) is 0 Å². The van der Waals surface area contributed by atoms with Gasteiger partial charge in [0, 0.05) is 5.69 Å². The van der Waals surface area contributed by atoms with Gasteiger partial charge in [0.05, 0.1) is 29.7 Å². The van der Waals surface area contributed by atoms with Crippen LogP contribution in [0.3, 0.4) is 0 Å². The highest BCUT2D eigenvalue weighted by molar-refractivity contribution is 7.92. The number of hydrogen-bond donors (Lipinski definition) is 1. The number of anilines is 1. The van der Waals surface area contributed by atoms with Crippen LogP contribution in [0.4, 0.5) is 5.69 Å². The van der Waals surface area contributed by atoms with Gasteiger partial charge >= 0.3 is 5.97 Å². The third-order valence-electron chi connectivity index (χ3n) is 4.27. The minimum absolute atomic E-state index is 0.0874. The van der Waals surface area contributed by atoms with E-state index < -0.39 is 16.0 Å². The molecule has 0 aliphatic carbocycles. The van der Waals surface area contributed by atoms with Crippen molar-refractivity contribution in [2.24, 2.45) is 0 Å². The van der Waals surface area contributed by atoms with Crippen LogP contribution in [0, 0.1) is 6.92 Å². The number of unbranched alkanes of at least 4 members (excludes halogenated alkanes) is 1. The van der Waals surface area contributed by atoms with Crippen LogP contribution in [-0.2, 0) is 14.8 Å². The van der Waals surface area contributed by atoms with Crippen LogP contribution in [0.25, 0.3) is 5.69 Å². The summed E-state index contributed by atoms with van der Waals surface area (Å²) in [5.41, 5.74) is 1.87. The molecular formula is C21H23N3O4S. The first-order valence-electron chi connectivity index (χ1n) is 9.32. The second-order valence-electron chi connectivity index (χ2n) is 6.53. The molecule has 0 saturated heterocycles. The monoisotopic (exact) mass is 413 g/mol. The predicted molar refractivity (Wildman–Crippen MR) is 111 cm³/mol. The van der Waals surface area contributed by atoms with Gasteiger partial charge in [-0.05, 0) is 49.7 Å². The molecule has 29 heavy (non-hydrogen) atoms. The molecule has 0 saturated carbocycles. The number of rotatable bonds is 8. The lowest BCUT2D eigenvalue weighted by molar-refractivity contribution is 0.0500. The molecule has 0 bridgehead atoms. The largest absolute Gasteiger partial charge is 0.462 e. The molecule has 0 aliphatic rings. The number of aryl methyl sites for hydroxylation is 1. The van der Waals surface area contributed by atoms with E-state index in [-0.39, 0.29) is 4.90 Å². The number of nitrogens with zero attached hydrogens (tertiary/aromatic N) is 2. The average molecular weight is 413 g/mol. The zero-order valence-corrected chi connectivity index (χ0v) is 17.1. The number of aromatic nitrogens is 2. The number of carbonyl (C=O) groups is 1. The Labute approximate surface area is 170 Å². The Bertz CT molecular complexity index is 1070. The van der Waals surface area contributed by atoms with Crippen molar-refractivity contribution >= 4 is 21.7 Å². The number of sulfonamides is 1. The maximum absolute atomic E-state index is 12.8. The number of nitrogens with one attached hydrogen (secondary N) is 1. The number of para-hydroxylation sites is 1. The summed E-state index contributed by atoms with van der Waals surface area (Å²) in [5.74, 6) is -0.423. The van der Waals surface area contributed by atoms with Crippen molar-refractivity contribution in [2.45, 2.75) is 31.6 Å². The number of esters is 1. The van der Waals surface area contributed by atoms with Crippen LogP contribution < -0.4 is 4.72 Å². The van der Waals surface area contributed by atoms with Gasteiger partial charge in [-0.3, -0.25) is 4.72 Å². The summed E-state index contributed by atoms with van der Waals surface area (Å²) in [6.07, 6.45) is 3.22. The smallest absolute Gasteiger partial charge is 0.338 e. The fourth-order valence-electron chi connectivity index (χ4n) is 2.70. The van der Waals surface area contributed by atoms with E-state index in [2.05, 4.69) is 9.82 Å². The van der Waals surface area contributed by atoms with Crippen LogP contribution >= 0.6 is 0 Å². The molecule has 0 unspecified atom stereocenters. The molecule has 0 fully saturated rings. The van der Waals surface area contributed by atoms with E-state index in [1.54, 1.807) is 6.92 Å². The summed E-state index contributed by atoms with van der Waals surface area (Å²) < 4.78 is 34.8. The molecule has 0 spiro atoms. The zero-order chi connectivity index (χ0) is 20.9. The van der Waals surface area contributed by atoms with E-state index in [1.165, 1.54) is 35.1 Å². The fourth-order valence-corrected chi connectivity index (χ4v) is 3.92. The summed E-state index contributed by atoms with van der Waals surface area (Å²) >= 11 is 0. The number of carbonyl (C=O) groups excluding carboxylic acids is 1. The topological polar surface area (TPSA) is 90.3 Å². The number of benzene rings is 2. The molecule has 0 radical (unpaired) electrons. The van der Waals surface area contributed by atoms with Gasteiger partial charge in [-0.2, -0.15) is 5.10 Å². The minimum Gasteiger partial charge on any atom is -0.462 e. The molecule has 0 amide bonds. The Morgan fingerprint density at radius 2 is 1.79 bits per heavy atom. The third-order valence-corrected chi connectivity index (χ3v) is 5.75. The summed E-state index contributed by atoms with van der Waals surface area (Å²) in [7, 11) is -3.83. The molecule has 1 heterocycles. The van der Waals surface area contributed by atoms with E-state index in [1.807, 2.05) is 37.3 Å². The van der Waals surface area contributed by atoms with Crippen molar-refractivity contribution < 1.29 is 17.9 Å². The summed E-state index contributed by atoms with van der Waals surface area (Å²) in [4.78, 5) is 12.0. The fraction of sp³-hybridized carbons (Fsp3) is 0.238. The molecule has 0 aliphatic heterocycles. The molecule has 1 N–H and O–H groups in total. The van der Waals surface area contributed by atoms with Crippen LogP contribution in [0.2, 0.25) is 0 Å². The van der Waals surface area contributed by atoms with E-state index in [0.29, 0.717) is 23.6 Å². The first-order valence-corrected chi connectivity index (χ1v) is 10.8. The van der Waals surface area contributed by atoms with Crippen LogP contribution in [0.5, 0.6) is 0 Å². The Kier molecular flexibility index (Phi) is 6.33. The quantitative estimate of drug-likeness (QED) is 0.446. The lowest BCUT2D eigenvalue weighted by Crippen LogP contribution is -2.13. The average Bonchev–Trinajstić information content (AvgIpc) is 3.12. The number of ether oxygens (including phenoxy) is 1. The van der Waals surface area contributed by atoms with Crippen molar-refractivity contribution in [3.05, 3.63) is 72.1 Å². The second-order valence-corrected chi connectivity index (χ2v) is 8.18. The summed E-state index contributed by atoms with van der Waals surface area (Å²) in [6.45, 7) is 4.03. The highest BCUT2D eigenvalue weighted by Gasteiger charge is 2.21. The van der Waals surface area contributed by atoms with Gasteiger partial charge in [0.2, 0.25) is 0 Å². The molecular weight excluding hydrogens is 390 g/mol. The van der Waals surface area contributed by atoms with Crippen molar-refractivity contribution in [3.63, 3.8) is 0 Å². The van der Waals surface area contributed by atoms with Gasteiger partial charge in [-0.1, -0.05) is 31.5 Å². The maximum Gasteiger partial charge on any atom is 0.338 e. The lowest BCUT2D eigenvalue weighted by Gasteiger charge is -2.08. The molecule has 1 aromatic heterocycles. The van der Waals surface area contributed by atoms with E-state index in [9.17, 15) is 13.2 Å². The van der Waals surface area contributed by atoms with Crippen LogP contribution in [0.15, 0.2) is 65.7 Å². The van der Waals surface area contributed by atoms with Crippen molar-refractivity contribution in [1.82, 2.24) is 9.78 Å². The molecule has 3 aromatic rings. The van der Waals surface area contributed by atoms with Gasteiger partial charge in [0.25, 0.3) is 10.0 Å². The molecule has 152 valence electrons. The second kappa shape index (κ2) is 8.91. The molecule has 7 nitrogen and oxygen atoms in total. The molecule has 0 atom stereocenters. The van der Waals surface area contributed by atoms with E-state index in [4.69, 9.17) is 4.74 Å². The standard InChI is InChI=1S/C21H23N3O4S/c1-3-4-14-28-21(25)17-10-12-18(13-11-17)23-29(26,27)20-15-24(22-16(20)2)19-8-6-5-7-9-19/h5-13,15,23H,3-4,14H2,1-2H3. The third kappa shape index (κ3) is 5.03. The first kappa shape index (κ1) is 20.6. The van der Waals surface area contributed by atoms with Gasteiger partial charge in [-0.25, -0.2) is 17.9 Å². The Morgan fingerprint density at radius 1 is 1.10 bits per heavy atom. The van der Waals surface area contributed by atoms with Crippen molar-refractivity contribution in [3.8, 4) is 5.69 Å². The van der Waals surface area contributed by atoms with E-state index in [0.717, 1.165) is 18.5 Å². The lowest BCUT2D eigenvalue weighted by atomic mass is 10.2. The first-order chi connectivity index (χ1) is 13.9. The van der Waals surface area contributed by atoms with Gasteiger partial charge < -0.3 is 4.74 Å². The predicted octanol–water partition coefficient (Wildman–Crippen LogP) is 3.94. The Hall–Kier alpha value is -3.13. The Balaban J connectivity index is 1.74.